The molecule has 23 nitrogen and oxygen atoms in total. The number of aliphatic carboxylic acids is 1. The van der Waals surface area contributed by atoms with Crippen LogP contribution >= 0.6 is 30.8 Å². The molecular weight excluding hydrogens is 1190 g/mol. The number of hydrogen-bond acceptors (Lipinski definition) is 17. The lowest BCUT2D eigenvalue weighted by molar-refractivity contribution is -0.385. The van der Waals surface area contributed by atoms with E-state index >= 15 is 0 Å². The predicted octanol–water partition coefficient (Wildman–Crippen LogP) is 5.71. The smallest absolute Gasteiger partial charge is 0.431 e. The van der Waals surface area contributed by atoms with E-state index in [1.165, 1.54) is 12.1 Å². The molecule has 2 unspecified atom stereocenters. The summed E-state index contributed by atoms with van der Waals surface area (Å²) in [5, 5.41) is 21.1. The van der Waals surface area contributed by atoms with Gasteiger partial charge in [0, 0.05) is 45.4 Å². The van der Waals surface area contributed by atoms with Gasteiger partial charge in [-0.3, -0.25) is 48.8 Å². The van der Waals surface area contributed by atoms with E-state index in [-0.39, 0.29) is 51.8 Å². The molecule has 5 rings (SSSR count). The standard InChI is InChI=1S/C16H14ClF3N2O4.C15H22ClNO2.C14H13NO7S.C3H8NO5P.C3H9S/c1-8(2)26-14(24)10-6-9(4-5-11(10)17)22-13(23)7-12(16(18,19)20)21(3)15(22)25;1-5-13-8-6-7-11(2)15(13)17(14(18)9-16)12(3)10-19-4;1-23(21,22)8-5-6-9(10(7-8)15(19)20)14(18)13-11(16)3-2-4-12(13)17;5-3(6)1-4-2-10(7,8)9;1-4(2)3/h4-8H,1-3H3;6-8,12H,5,9-10H2,1-4H3;5-7,13H,2-4H2,1H3;4H,1-2H2,(H,5,6)(H2,7,8,9);1-3H3/q;;;;+1/p-1. The first-order chi connectivity index (χ1) is 37.8. The van der Waals surface area contributed by atoms with E-state index in [0.29, 0.717) is 39.1 Å². The van der Waals surface area contributed by atoms with Crippen LogP contribution in [0.1, 0.15) is 84.5 Å². The number of benzene rings is 3. The summed E-state index contributed by atoms with van der Waals surface area (Å²) in [5.41, 5.74) is -1.96. The molecule has 0 aliphatic heterocycles. The topological polar surface area (TPSA) is 338 Å². The maximum Gasteiger partial charge on any atom is 0.431 e. The second kappa shape index (κ2) is 33.3. The number of esters is 1. The molecule has 1 amide bonds. The van der Waals surface area contributed by atoms with Gasteiger partial charge in [0.25, 0.3) is 11.2 Å². The number of hydrogen-bond donors (Lipinski definition) is 3. The number of aryl methyl sites for hydroxylation is 2. The largest absolute Gasteiger partial charge is 0.778 e. The molecule has 454 valence electrons. The number of methoxy groups -OCH3 is 1. The number of nitro benzene ring substituents is 1. The number of nitro groups is 1. The third-order valence-corrected chi connectivity index (χ3v) is 13.0. The van der Waals surface area contributed by atoms with E-state index in [9.17, 15) is 79.5 Å². The highest BCUT2D eigenvalue weighted by Gasteiger charge is 2.39. The summed E-state index contributed by atoms with van der Waals surface area (Å²) >= 11 is 11.7. The second-order valence-corrected chi connectivity index (χ2v) is 25.2. The number of carboxylic acid groups (broad SMARTS) is 1. The van der Waals surface area contributed by atoms with Crippen molar-refractivity contribution in [3.63, 3.8) is 0 Å². The molecule has 3 N–H and O–H groups in total. The lowest BCUT2D eigenvalue weighted by Crippen LogP contribution is -2.43. The Morgan fingerprint density at radius 2 is 1.56 bits per heavy atom. The maximum atomic E-state index is 12.9. The van der Waals surface area contributed by atoms with Gasteiger partial charge in [-0.25, -0.2) is 22.6 Å². The first-order valence-corrected chi connectivity index (χ1v) is 31.2. The van der Waals surface area contributed by atoms with Gasteiger partial charge in [-0.15, -0.1) is 11.6 Å². The number of sulfone groups is 1. The van der Waals surface area contributed by atoms with E-state index in [1.807, 2.05) is 31.3 Å². The molecule has 0 bridgehead atoms. The highest BCUT2D eigenvalue weighted by molar-refractivity contribution is 7.94. The van der Waals surface area contributed by atoms with Crippen LogP contribution < -0.4 is 26.4 Å². The minimum absolute atomic E-state index is 0.0104. The van der Waals surface area contributed by atoms with Gasteiger partial charge < -0.3 is 33.8 Å². The molecule has 4 aromatic rings. The Labute approximate surface area is 483 Å². The van der Waals surface area contributed by atoms with Gasteiger partial charge in [0.05, 0.1) is 87.7 Å². The average Bonchev–Trinajstić information content (AvgIpc) is 3.46. The number of halogens is 5. The second-order valence-electron chi connectivity index (χ2n) is 18.4. The van der Waals surface area contributed by atoms with Gasteiger partial charge in [-0.2, -0.15) is 13.2 Å². The number of carbonyl (C=O) groups excluding carboxylic acids is 5. The fraction of sp³-hybridized carbons (Fsp3) is 0.451. The number of alkyl halides is 4. The molecule has 2 atom stereocenters. The molecular formula is C51H65Cl2F3N5O18PS2. The van der Waals surface area contributed by atoms with Crippen molar-refractivity contribution in [3.8, 4) is 5.69 Å². The number of amides is 1. The van der Waals surface area contributed by atoms with Crippen LogP contribution in [-0.4, -0.2) is 137 Å². The molecule has 1 aliphatic rings. The van der Waals surface area contributed by atoms with Crippen molar-refractivity contribution in [3.05, 3.63) is 125 Å². The fourth-order valence-corrected chi connectivity index (χ4v) is 8.66. The lowest BCUT2D eigenvalue weighted by atomic mass is 9.81. The van der Waals surface area contributed by atoms with Crippen LogP contribution in [0.3, 0.4) is 0 Å². The molecule has 82 heavy (non-hydrogen) atoms. The van der Waals surface area contributed by atoms with Crippen LogP contribution in [0.15, 0.2) is 75.1 Å². The summed E-state index contributed by atoms with van der Waals surface area (Å²) in [6.45, 7) is 9.31. The van der Waals surface area contributed by atoms with Crippen LogP contribution in [0.5, 0.6) is 0 Å². The first-order valence-electron chi connectivity index (χ1n) is 24.2. The Morgan fingerprint density at radius 3 is 2.02 bits per heavy atom. The number of carboxylic acids is 1. The number of para-hydroxylation sites is 1. The number of Topliss-reactive ketones (excluding diaryl/α,β-unsaturated/α-hetero) is 3. The molecule has 1 aromatic heterocycles. The quantitative estimate of drug-likeness (QED) is 0.0166. The zero-order valence-corrected chi connectivity index (χ0v) is 50.6. The normalized spacial score (nSPS) is 13.6. The summed E-state index contributed by atoms with van der Waals surface area (Å²) in [7, 11) is -4.87. The zero-order chi connectivity index (χ0) is 63.4. The average molecular weight is 1260 g/mol. The summed E-state index contributed by atoms with van der Waals surface area (Å²) in [6.07, 6.45) is 2.82. The van der Waals surface area contributed by atoms with Crippen molar-refractivity contribution < 1.29 is 84.2 Å². The molecule has 3 aromatic carbocycles. The van der Waals surface area contributed by atoms with E-state index in [1.54, 1.807) is 25.9 Å². The lowest BCUT2D eigenvalue weighted by Gasteiger charge is -2.31. The third-order valence-electron chi connectivity index (χ3n) is 10.8. The fourth-order valence-electron chi connectivity index (χ4n) is 7.30. The number of ether oxygens (including phenoxy) is 2. The molecule has 0 radical (unpaired) electrons. The minimum atomic E-state index is -4.86. The SMILES string of the molecule is CC(C)OC(=O)c1cc(-n2c(=O)cc(C(F)(F)F)n(C)c2=O)ccc1Cl.CCc1cccc(C)c1N(C(=O)CCl)C(C)COC.CS(=O)(=O)c1ccc(C(=O)C2C(=O)CCCC2=O)c([N+](=O)[O-])c1.C[S+](C)C.O=C(O)CNCP(=O)([O-])O. The van der Waals surface area contributed by atoms with Crippen molar-refractivity contribution in [2.75, 3.05) is 62.4 Å². The van der Waals surface area contributed by atoms with Crippen LogP contribution in [0.4, 0.5) is 24.5 Å². The molecule has 31 heteroatoms. The van der Waals surface area contributed by atoms with Gasteiger partial charge in [0.2, 0.25) is 5.91 Å². The number of aromatic nitrogens is 2. The highest BCUT2D eigenvalue weighted by atomic mass is 35.5. The summed E-state index contributed by atoms with van der Waals surface area (Å²) < 4.78 is 82.6. The van der Waals surface area contributed by atoms with Crippen molar-refractivity contribution in [2.45, 2.75) is 83.5 Å². The third kappa shape index (κ3) is 23.3. The van der Waals surface area contributed by atoms with Crippen LogP contribution in [-0.2, 0) is 73.6 Å². The summed E-state index contributed by atoms with van der Waals surface area (Å²) in [5.74, 6) is -5.68. The van der Waals surface area contributed by atoms with Crippen LogP contribution in [0.25, 0.3) is 5.69 Å². The van der Waals surface area contributed by atoms with Crippen molar-refractivity contribution >= 4 is 98.1 Å². The van der Waals surface area contributed by atoms with E-state index in [2.05, 4.69) is 31.8 Å². The van der Waals surface area contributed by atoms with Crippen molar-refractivity contribution in [1.29, 1.82) is 0 Å². The van der Waals surface area contributed by atoms with Crippen molar-refractivity contribution in [1.82, 2.24) is 14.5 Å². The van der Waals surface area contributed by atoms with Gasteiger partial charge in [-0.05, 0) is 92.9 Å². The number of nitrogens with zero attached hydrogens (tertiary/aromatic N) is 4. The van der Waals surface area contributed by atoms with Crippen LogP contribution in [0, 0.1) is 23.0 Å². The molecule has 0 spiro atoms. The minimum Gasteiger partial charge on any atom is -0.778 e. The molecule has 0 saturated heterocycles. The Balaban J connectivity index is 0.000000555. The summed E-state index contributed by atoms with van der Waals surface area (Å²) in [4.78, 5) is 124. The van der Waals surface area contributed by atoms with Crippen LogP contribution in [0.2, 0.25) is 5.02 Å². The van der Waals surface area contributed by atoms with Gasteiger partial charge in [0.15, 0.2) is 27.2 Å². The van der Waals surface area contributed by atoms with E-state index in [0.717, 1.165) is 60.8 Å². The molecule has 1 fully saturated rings. The Bertz CT molecular complexity index is 3220. The maximum absolute atomic E-state index is 12.9. The van der Waals surface area contributed by atoms with E-state index in [4.69, 9.17) is 42.7 Å². The number of nitrogens with one attached hydrogen (secondary N) is 1. The predicted molar refractivity (Wildman–Crippen MR) is 301 cm³/mol. The van der Waals surface area contributed by atoms with E-state index < -0.39 is 111 Å². The summed E-state index contributed by atoms with van der Waals surface area (Å²) in [6, 6.07) is 12.7. The zero-order valence-electron chi connectivity index (χ0n) is 46.5. The van der Waals surface area contributed by atoms with Gasteiger partial charge in [-0.1, -0.05) is 36.7 Å². The Hall–Kier alpha value is -6.10. The number of anilines is 1. The molecule has 1 heterocycles. The van der Waals surface area contributed by atoms with Gasteiger partial charge >= 0.3 is 23.8 Å². The van der Waals surface area contributed by atoms with Gasteiger partial charge in [0.1, 0.15) is 25.1 Å². The number of carbonyl (C=O) groups is 6. The first kappa shape index (κ1) is 73.9. The Kier molecular flexibility index (Phi) is 30.0. The highest BCUT2D eigenvalue weighted by Crippen LogP contribution is 2.31. The van der Waals surface area contributed by atoms with Crippen molar-refractivity contribution in [2.24, 2.45) is 13.0 Å². The molecule has 1 saturated carbocycles. The Morgan fingerprint density at radius 1 is 0.988 bits per heavy atom. The molecule has 1 aliphatic carbocycles. The number of rotatable bonds is 17. The monoisotopic (exact) mass is 1260 g/mol. The number of ketones is 3.